The molecule has 0 unspecified atom stereocenters. The lowest BCUT2D eigenvalue weighted by atomic mass is 10.2. The molecule has 0 radical (unpaired) electrons. The largest absolute Gasteiger partial charge is 0.481 e. The van der Waals surface area contributed by atoms with Gasteiger partial charge in [-0.05, 0) is 36.6 Å². The Labute approximate surface area is 105 Å². The Kier molecular flexibility index (Phi) is 5.03. The van der Waals surface area contributed by atoms with Gasteiger partial charge in [0.15, 0.2) is 0 Å². The van der Waals surface area contributed by atoms with Crippen molar-refractivity contribution in [3.8, 4) is 0 Å². The van der Waals surface area contributed by atoms with Crippen LogP contribution in [0.3, 0.4) is 0 Å². The van der Waals surface area contributed by atoms with Crippen LogP contribution in [0.2, 0.25) is 0 Å². The molecule has 2 N–H and O–H groups in total. The van der Waals surface area contributed by atoms with Crippen LogP contribution in [0.15, 0.2) is 28.1 Å². The minimum absolute atomic E-state index is 0.0691. The zero-order valence-corrected chi connectivity index (χ0v) is 11.0. The lowest BCUT2D eigenvalue weighted by molar-refractivity contribution is -0.135. The maximum Gasteiger partial charge on any atom is 0.311 e. The van der Waals surface area contributed by atoms with E-state index in [2.05, 4.69) is 9.71 Å². The van der Waals surface area contributed by atoms with Crippen LogP contribution in [-0.2, 0) is 4.79 Å². The van der Waals surface area contributed by atoms with E-state index in [1.54, 1.807) is 0 Å². The fraction of sp³-hybridized carbons (Fsp3) is 0.333. The van der Waals surface area contributed by atoms with Crippen molar-refractivity contribution < 1.29 is 9.90 Å². The fourth-order valence-corrected chi connectivity index (χ4v) is 2.11. The normalized spacial score (nSPS) is 12.5. The number of carboxylic acids is 1. The van der Waals surface area contributed by atoms with Gasteiger partial charge >= 0.3 is 5.97 Å². The number of hydrogen-bond acceptors (Lipinski definition) is 4. The third kappa shape index (κ3) is 3.78. The summed E-state index contributed by atoms with van der Waals surface area (Å²) in [5, 5.41) is 8.63. The Morgan fingerprint density at radius 3 is 2.82 bits per heavy atom. The summed E-state index contributed by atoms with van der Waals surface area (Å²) in [6, 6.07) is 5.89. The molecule has 4 nitrogen and oxygen atoms in total. The van der Waals surface area contributed by atoms with E-state index in [0.29, 0.717) is 5.84 Å². The molecule has 0 bridgehead atoms. The second kappa shape index (κ2) is 6.30. The zero-order chi connectivity index (χ0) is 12.8. The highest BCUT2D eigenvalue weighted by Gasteiger charge is 2.14. The smallest absolute Gasteiger partial charge is 0.311 e. The molecule has 0 amide bonds. The van der Waals surface area contributed by atoms with Gasteiger partial charge in [0.05, 0.1) is 10.6 Å². The Morgan fingerprint density at radius 2 is 2.18 bits per heavy atom. The van der Waals surface area contributed by atoms with Crippen LogP contribution in [0.25, 0.3) is 0 Å². The summed E-state index contributed by atoms with van der Waals surface area (Å²) in [6.45, 7) is 6.01. The lowest BCUT2D eigenvalue weighted by Crippen LogP contribution is -2.21. The summed E-state index contributed by atoms with van der Waals surface area (Å²) in [7, 11) is 0. The predicted octanol–water partition coefficient (Wildman–Crippen LogP) is 3.14. The van der Waals surface area contributed by atoms with E-state index in [0.717, 1.165) is 10.6 Å². The van der Waals surface area contributed by atoms with Crippen LogP contribution in [0.4, 0.5) is 5.69 Å². The second-order valence-electron chi connectivity index (χ2n) is 3.30. The van der Waals surface area contributed by atoms with Crippen molar-refractivity contribution in [2.24, 2.45) is 4.99 Å². The summed E-state index contributed by atoms with van der Waals surface area (Å²) >= 11 is 1.41. The lowest BCUT2D eigenvalue weighted by Gasteiger charge is -2.15. The summed E-state index contributed by atoms with van der Waals surface area (Å²) in [4.78, 5) is 15.8. The molecule has 92 valence electrons. The van der Waals surface area contributed by atoms with E-state index < -0.39 is 5.97 Å². The summed E-state index contributed by atoms with van der Waals surface area (Å²) in [5.41, 5.74) is 2.00. The maximum atomic E-state index is 10.5. The molecule has 1 aliphatic rings. The summed E-state index contributed by atoms with van der Waals surface area (Å²) in [6.07, 6.45) is -0.0691. The van der Waals surface area contributed by atoms with Gasteiger partial charge in [0, 0.05) is 0 Å². The minimum Gasteiger partial charge on any atom is -0.481 e. The minimum atomic E-state index is -0.877. The highest BCUT2D eigenvalue weighted by atomic mass is 32.2. The van der Waals surface area contributed by atoms with Crippen molar-refractivity contribution in [2.45, 2.75) is 32.1 Å². The standard InChI is InChI=1S/C10H10N2O2S.C2H6/c1-6-2-3-7-8(4-6)15-12-9(11-7)5-10(13)14;1-2/h2-4H,5H2,1H3,(H,11,12)(H,13,14);1-2H3. The van der Waals surface area contributed by atoms with E-state index in [4.69, 9.17) is 5.11 Å². The first-order chi connectivity index (χ1) is 8.15. The van der Waals surface area contributed by atoms with Crippen LogP contribution in [0.1, 0.15) is 25.8 Å². The molecule has 1 aromatic carbocycles. The van der Waals surface area contributed by atoms with Gasteiger partial charge in [0.1, 0.15) is 12.3 Å². The summed E-state index contributed by atoms with van der Waals surface area (Å²) in [5.74, 6) is -0.388. The molecule has 0 saturated carbocycles. The second-order valence-corrected chi connectivity index (χ2v) is 4.15. The third-order valence-corrected chi connectivity index (χ3v) is 2.85. The molecule has 5 heteroatoms. The molecule has 17 heavy (non-hydrogen) atoms. The molecule has 1 aliphatic heterocycles. The number of aryl methyl sites for hydroxylation is 1. The number of carbonyl (C=O) groups is 1. The maximum absolute atomic E-state index is 10.5. The number of hydrogen-bond donors (Lipinski definition) is 2. The molecule has 0 aliphatic carbocycles. The van der Waals surface area contributed by atoms with Gasteiger partial charge in [-0.25, -0.2) is 4.99 Å². The number of rotatable bonds is 2. The van der Waals surface area contributed by atoms with Gasteiger partial charge in [-0.15, -0.1) is 0 Å². The molecular weight excluding hydrogens is 236 g/mol. The van der Waals surface area contributed by atoms with E-state index >= 15 is 0 Å². The van der Waals surface area contributed by atoms with Crippen molar-refractivity contribution in [3.63, 3.8) is 0 Å². The third-order valence-electron chi connectivity index (χ3n) is 1.97. The Balaban J connectivity index is 0.000000686. The van der Waals surface area contributed by atoms with Gasteiger partial charge < -0.3 is 9.83 Å². The summed E-state index contributed by atoms with van der Waals surface area (Å²) < 4.78 is 2.92. The number of nitrogens with zero attached hydrogens (tertiary/aromatic N) is 1. The van der Waals surface area contributed by atoms with Gasteiger partial charge in [-0.2, -0.15) is 0 Å². The highest BCUT2D eigenvalue weighted by Crippen LogP contribution is 2.32. The van der Waals surface area contributed by atoms with Crippen molar-refractivity contribution in [3.05, 3.63) is 23.8 Å². The molecule has 1 aromatic rings. The Morgan fingerprint density at radius 1 is 1.47 bits per heavy atom. The molecule has 0 fully saturated rings. The number of fused-ring (bicyclic) bond motifs is 1. The topological polar surface area (TPSA) is 61.7 Å². The number of benzene rings is 1. The van der Waals surface area contributed by atoms with Gasteiger partial charge in [0.25, 0.3) is 0 Å². The van der Waals surface area contributed by atoms with Crippen LogP contribution in [-0.4, -0.2) is 16.9 Å². The first kappa shape index (κ1) is 13.6. The quantitative estimate of drug-likeness (QED) is 0.794. The SMILES string of the molecule is CC.Cc1ccc2c(c1)SNC(CC(=O)O)=N2. The molecule has 0 spiro atoms. The van der Waals surface area contributed by atoms with Crippen molar-refractivity contribution in [1.29, 1.82) is 0 Å². The number of amidine groups is 1. The zero-order valence-electron chi connectivity index (χ0n) is 10.2. The molecule has 2 rings (SSSR count). The van der Waals surface area contributed by atoms with E-state index in [1.807, 2.05) is 39.0 Å². The number of aliphatic imine (C=N–C) groups is 1. The van der Waals surface area contributed by atoms with Crippen molar-refractivity contribution in [1.82, 2.24) is 4.72 Å². The predicted molar refractivity (Wildman–Crippen MR) is 70.9 cm³/mol. The monoisotopic (exact) mass is 252 g/mol. The van der Waals surface area contributed by atoms with E-state index in [1.165, 1.54) is 17.5 Å². The first-order valence-electron chi connectivity index (χ1n) is 5.48. The molecular formula is C12H16N2O2S. The average molecular weight is 252 g/mol. The number of aliphatic carboxylic acids is 1. The van der Waals surface area contributed by atoms with Crippen LogP contribution < -0.4 is 4.72 Å². The first-order valence-corrected chi connectivity index (χ1v) is 6.29. The number of carboxylic acid groups (broad SMARTS) is 1. The molecule has 0 saturated heterocycles. The Hall–Kier alpha value is -1.49. The van der Waals surface area contributed by atoms with Gasteiger partial charge in [-0.3, -0.25) is 4.79 Å². The fourth-order valence-electron chi connectivity index (χ4n) is 1.30. The number of nitrogens with one attached hydrogen (secondary N) is 1. The van der Waals surface area contributed by atoms with Crippen LogP contribution in [0, 0.1) is 6.92 Å². The molecule has 0 aromatic heterocycles. The average Bonchev–Trinajstić information content (AvgIpc) is 2.31. The van der Waals surface area contributed by atoms with Gasteiger partial charge in [0.2, 0.25) is 0 Å². The van der Waals surface area contributed by atoms with Crippen molar-refractivity contribution >= 4 is 29.4 Å². The van der Waals surface area contributed by atoms with Crippen LogP contribution in [0.5, 0.6) is 0 Å². The molecule has 1 heterocycles. The van der Waals surface area contributed by atoms with Gasteiger partial charge in [-0.1, -0.05) is 19.9 Å². The molecule has 0 atom stereocenters. The Bertz CT molecular complexity index is 444. The van der Waals surface area contributed by atoms with E-state index in [9.17, 15) is 4.79 Å². The van der Waals surface area contributed by atoms with Crippen molar-refractivity contribution in [2.75, 3.05) is 0 Å². The highest BCUT2D eigenvalue weighted by molar-refractivity contribution is 7.98. The van der Waals surface area contributed by atoms with E-state index in [-0.39, 0.29) is 6.42 Å². The van der Waals surface area contributed by atoms with Crippen LogP contribution >= 0.6 is 11.9 Å².